The minimum atomic E-state index is -0.881. The molecular weight excluding hydrogens is 211 g/mol. The van der Waals surface area contributed by atoms with Gasteiger partial charge in [0.1, 0.15) is 5.82 Å². The van der Waals surface area contributed by atoms with Gasteiger partial charge in [-0.2, -0.15) is 0 Å². The van der Waals surface area contributed by atoms with Crippen LogP contribution in [0.25, 0.3) is 0 Å². The van der Waals surface area contributed by atoms with Crippen LogP contribution in [-0.2, 0) is 16.0 Å². The van der Waals surface area contributed by atoms with Gasteiger partial charge in [0.25, 0.3) is 0 Å². The molecule has 0 bridgehead atoms. The summed E-state index contributed by atoms with van der Waals surface area (Å²) in [6, 6.07) is 6.06. The molecule has 1 aromatic rings. The molecule has 1 unspecified atom stereocenters. The number of carboxylic acids is 1. The molecule has 3 nitrogen and oxygen atoms in total. The number of carbonyl (C=O) groups is 1. The van der Waals surface area contributed by atoms with Gasteiger partial charge in [0.05, 0.1) is 12.0 Å². The Balaban J connectivity index is 2.21. The number of benzene rings is 1. The Morgan fingerprint density at radius 3 is 2.94 bits per heavy atom. The fourth-order valence-corrected chi connectivity index (χ4v) is 2.03. The van der Waals surface area contributed by atoms with Crippen molar-refractivity contribution in [1.29, 1.82) is 0 Å². The van der Waals surface area contributed by atoms with Crippen LogP contribution in [0.15, 0.2) is 24.3 Å². The highest BCUT2D eigenvalue weighted by atomic mass is 19.1. The maximum Gasteiger partial charge on any atom is 0.312 e. The summed E-state index contributed by atoms with van der Waals surface area (Å²) < 4.78 is 18.1. The van der Waals surface area contributed by atoms with Crippen LogP contribution in [-0.4, -0.2) is 24.3 Å². The molecule has 1 saturated heterocycles. The first-order chi connectivity index (χ1) is 7.62. The molecule has 1 N–H and O–H groups in total. The van der Waals surface area contributed by atoms with Gasteiger partial charge in [-0.25, -0.2) is 4.39 Å². The van der Waals surface area contributed by atoms with Crippen LogP contribution >= 0.6 is 0 Å². The molecule has 1 aliphatic heterocycles. The Morgan fingerprint density at radius 1 is 1.56 bits per heavy atom. The highest BCUT2D eigenvalue weighted by Gasteiger charge is 2.42. The van der Waals surface area contributed by atoms with Gasteiger partial charge in [0.15, 0.2) is 0 Å². The molecule has 0 radical (unpaired) electrons. The van der Waals surface area contributed by atoms with Crippen LogP contribution in [0.1, 0.15) is 12.0 Å². The number of carboxylic acid groups (broad SMARTS) is 1. The lowest BCUT2D eigenvalue weighted by Crippen LogP contribution is -2.33. The van der Waals surface area contributed by atoms with Crippen LogP contribution in [0.2, 0.25) is 0 Å². The summed E-state index contributed by atoms with van der Waals surface area (Å²) in [6.45, 7) is 0.667. The zero-order chi connectivity index (χ0) is 11.6. The SMILES string of the molecule is O=C(O)C1(Cc2cccc(F)c2)CCOC1. The summed E-state index contributed by atoms with van der Waals surface area (Å²) in [5.74, 6) is -1.20. The number of hydrogen-bond donors (Lipinski definition) is 1. The first-order valence-electron chi connectivity index (χ1n) is 5.18. The number of halogens is 1. The molecule has 0 saturated carbocycles. The van der Waals surface area contributed by atoms with E-state index in [1.54, 1.807) is 12.1 Å². The lowest BCUT2D eigenvalue weighted by Gasteiger charge is -2.21. The summed E-state index contributed by atoms with van der Waals surface area (Å²) in [5.41, 5.74) is -0.179. The predicted octanol–water partition coefficient (Wildman–Crippen LogP) is 1.86. The second-order valence-corrected chi connectivity index (χ2v) is 4.19. The third-order valence-corrected chi connectivity index (χ3v) is 2.99. The van der Waals surface area contributed by atoms with Gasteiger partial charge < -0.3 is 9.84 Å². The number of aliphatic carboxylic acids is 1. The number of rotatable bonds is 3. The normalized spacial score (nSPS) is 24.6. The molecule has 2 rings (SSSR count). The molecular formula is C12H13FO3. The van der Waals surface area contributed by atoms with E-state index in [-0.39, 0.29) is 12.4 Å². The fourth-order valence-electron chi connectivity index (χ4n) is 2.03. The van der Waals surface area contributed by atoms with Crippen molar-refractivity contribution >= 4 is 5.97 Å². The molecule has 1 fully saturated rings. The van der Waals surface area contributed by atoms with E-state index in [0.29, 0.717) is 25.0 Å². The Hall–Kier alpha value is -1.42. The van der Waals surface area contributed by atoms with Gasteiger partial charge in [0.2, 0.25) is 0 Å². The third kappa shape index (κ3) is 2.07. The second kappa shape index (κ2) is 4.22. The Kier molecular flexibility index (Phi) is 2.92. The maximum absolute atomic E-state index is 13.0. The fraction of sp³-hybridized carbons (Fsp3) is 0.417. The highest BCUT2D eigenvalue weighted by molar-refractivity contribution is 5.75. The Morgan fingerprint density at radius 2 is 2.38 bits per heavy atom. The summed E-state index contributed by atoms with van der Waals surface area (Å²) >= 11 is 0. The first-order valence-corrected chi connectivity index (χ1v) is 5.18. The summed E-state index contributed by atoms with van der Waals surface area (Å²) in [4.78, 5) is 11.2. The van der Waals surface area contributed by atoms with Crippen molar-refractivity contribution in [2.75, 3.05) is 13.2 Å². The van der Waals surface area contributed by atoms with E-state index in [0.717, 1.165) is 0 Å². The van der Waals surface area contributed by atoms with Gasteiger partial charge in [-0.3, -0.25) is 4.79 Å². The molecule has 4 heteroatoms. The first kappa shape index (κ1) is 11.1. The van der Waals surface area contributed by atoms with Crippen molar-refractivity contribution in [3.8, 4) is 0 Å². The van der Waals surface area contributed by atoms with Crippen LogP contribution in [0, 0.1) is 11.2 Å². The van der Waals surface area contributed by atoms with E-state index in [9.17, 15) is 14.3 Å². The minimum absolute atomic E-state index is 0.207. The molecule has 1 atom stereocenters. The van der Waals surface area contributed by atoms with Crippen molar-refractivity contribution < 1.29 is 19.0 Å². The third-order valence-electron chi connectivity index (χ3n) is 2.99. The standard InChI is InChI=1S/C12H13FO3/c13-10-3-1-2-9(6-10)7-12(11(14)15)4-5-16-8-12/h1-3,6H,4-5,7-8H2,(H,14,15). The maximum atomic E-state index is 13.0. The van der Waals surface area contributed by atoms with Gasteiger partial charge >= 0.3 is 5.97 Å². The van der Waals surface area contributed by atoms with Crippen molar-refractivity contribution in [1.82, 2.24) is 0 Å². The lowest BCUT2D eigenvalue weighted by molar-refractivity contribution is -0.148. The molecule has 0 aromatic heterocycles. The molecule has 1 heterocycles. The lowest BCUT2D eigenvalue weighted by atomic mass is 9.81. The summed E-state index contributed by atoms with van der Waals surface area (Å²) in [7, 11) is 0. The van der Waals surface area contributed by atoms with E-state index >= 15 is 0 Å². The van der Waals surface area contributed by atoms with Crippen molar-refractivity contribution in [3.05, 3.63) is 35.6 Å². The topological polar surface area (TPSA) is 46.5 Å². The Labute approximate surface area is 92.9 Å². The summed E-state index contributed by atoms with van der Waals surface area (Å²) in [6.07, 6.45) is 0.805. The highest BCUT2D eigenvalue weighted by Crippen LogP contribution is 2.33. The molecule has 0 amide bonds. The van der Waals surface area contributed by atoms with Gasteiger partial charge in [-0.15, -0.1) is 0 Å². The van der Waals surface area contributed by atoms with E-state index in [2.05, 4.69) is 0 Å². The van der Waals surface area contributed by atoms with Crippen molar-refractivity contribution in [2.24, 2.45) is 5.41 Å². The number of ether oxygens (including phenoxy) is 1. The van der Waals surface area contributed by atoms with Gasteiger partial charge in [0, 0.05) is 6.61 Å². The van der Waals surface area contributed by atoms with E-state index in [4.69, 9.17) is 4.74 Å². The van der Waals surface area contributed by atoms with Crippen LogP contribution in [0.4, 0.5) is 4.39 Å². The van der Waals surface area contributed by atoms with Gasteiger partial charge in [-0.05, 0) is 30.5 Å². The largest absolute Gasteiger partial charge is 0.481 e. The molecule has 86 valence electrons. The quantitative estimate of drug-likeness (QED) is 0.852. The minimum Gasteiger partial charge on any atom is -0.481 e. The molecule has 0 aliphatic carbocycles. The van der Waals surface area contributed by atoms with Crippen LogP contribution in [0.3, 0.4) is 0 Å². The molecule has 1 aliphatic rings. The smallest absolute Gasteiger partial charge is 0.312 e. The predicted molar refractivity (Wildman–Crippen MR) is 55.6 cm³/mol. The number of hydrogen-bond acceptors (Lipinski definition) is 2. The van der Waals surface area contributed by atoms with Crippen LogP contribution < -0.4 is 0 Å². The monoisotopic (exact) mass is 224 g/mol. The van der Waals surface area contributed by atoms with Gasteiger partial charge in [-0.1, -0.05) is 12.1 Å². The van der Waals surface area contributed by atoms with E-state index in [1.807, 2.05) is 0 Å². The van der Waals surface area contributed by atoms with E-state index < -0.39 is 11.4 Å². The van der Waals surface area contributed by atoms with Crippen LogP contribution in [0.5, 0.6) is 0 Å². The Bertz CT molecular complexity index is 397. The second-order valence-electron chi connectivity index (χ2n) is 4.19. The van der Waals surface area contributed by atoms with Crippen molar-refractivity contribution in [3.63, 3.8) is 0 Å². The molecule has 1 aromatic carbocycles. The van der Waals surface area contributed by atoms with Crippen molar-refractivity contribution in [2.45, 2.75) is 12.8 Å². The van der Waals surface area contributed by atoms with E-state index in [1.165, 1.54) is 12.1 Å². The summed E-state index contributed by atoms with van der Waals surface area (Å²) in [5, 5.41) is 9.22. The average Bonchev–Trinajstić information content (AvgIpc) is 2.67. The zero-order valence-corrected chi connectivity index (χ0v) is 8.78. The molecule has 0 spiro atoms. The molecule has 16 heavy (non-hydrogen) atoms. The average molecular weight is 224 g/mol. The zero-order valence-electron chi connectivity index (χ0n) is 8.78.